The van der Waals surface area contributed by atoms with Crippen molar-refractivity contribution in [2.75, 3.05) is 26.9 Å². The summed E-state index contributed by atoms with van der Waals surface area (Å²) in [7, 11) is 1.13. The number of carbonyl (C=O) groups is 7. The highest BCUT2D eigenvalue weighted by Gasteiger charge is 2.87. The number of ether oxygens (including phenoxy) is 4. The zero-order valence-corrected chi connectivity index (χ0v) is 43.3. The summed E-state index contributed by atoms with van der Waals surface area (Å²) in [6.07, 6.45) is 36.3. The minimum Gasteiger partial charge on any atom is -0.466 e. The van der Waals surface area contributed by atoms with E-state index >= 15 is 0 Å². The number of esters is 4. The Hall–Kier alpha value is -5.73. The quantitative estimate of drug-likeness (QED) is 0.0323. The highest BCUT2D eigenvalue weighted by molar-refractivity contribution is 6.01. The van der Waals surface area contributed by atoms with Crippen LogP contribution in [0.5, 0.6) is 0 Å². The van der Waals surface area contributed by atoms with Crippen LogP contribution in [0.1, 0.15) is 125 Å². The molecule has 5 rings (SSSR count). The van der Waals surface area contributed by atoms with Crippen LogP contribution in [0.4, 0.5) is 0 Å². The lowest BCUT2D eigenvalue weighted by atomic mass is 9.44. The van der Waals surface area contributed by atoms with Gasteiger partial charge < -0.3 is 34.5 Å². The summed E-state index contributed by atoms with van der Waals surface area (Å²) < 4.78 is 20.8. The molecule has 0 bridgehead atoms. The van der Waals surface area contributed by atoms with Gasteiger partial charge in [-0.3, -0.25) is 24.0 Å². The number of fused-ring (bicyclic) bond motifs is 2. The molecule has 0 saturated heterocycles. The van der Waals surface area contributed by atoms with Gasteiger partial charge in [0.2, 0.25) is 5.78 Å². The first-order chi connectivity index (χ1) is 34.2. The molecule has 14 heteroatoms. The molecule has 0 aliphatic heterocycles. The fourth-order valence-electron chi connectivity index (χ4n) is 12.4. The van der Waals surface area contributed by atoms with Crippen molar-refractivity contribution in [3.63, 3.8) is 0 Å². The lowest BCUT2D eigenvalue weighted by Gasteiger charge is -2.60. The number of ketones is 2. The Balaban J connectivity index is 1.07. The zero-order valence-electron chi connectivity index (χ0n) is 43.3. The van der Waals surface area contributed by atoms with Gasteiger partial charge in [-0.05, 0) is 100 Å². The van der Waals surface area contributed by atoms with Gasteiger partial charge >= 0.3 is 23.9 Å². The highest BCUT2D eigenvalue weighted by atomic mass is 16.6. The van der Waals surface area contributed by atoms with E-state index in [-0.39, 0.29) is 61.9 Å². The van der Waals surface area contributed by atoms with Crippen LogP contribution in [0, 0.1) is 38.9 Å². The van der Waals surface area contributed by atoms with E-state index in [4.69, 9.17) is 14.2 Å². The maximum Gasteiger partial charge on any atom is 0.331 e. The molecule has 1 amide bonds. The first-order valence-electron chi connectivity index (χ1n) is 25.5. The first-order valence-corrected chi connectivity index (χ1v) is 25.5. The number of carbonyl (C=O) groups excluding carboxylic acids is 7. The van der Waals surface area contributed by atoms with Crippen LogP contribution in [0.3, 0.4) is 0 Å². The summed E-state index contributed by atoms with van der Waals surface area (Å²) in [5.41, 5.74) is -4.52. The number of amides is 1. The number of aliphatic hydroxyl groups is 2. The number of allylic oxidation sites excluding steroid dienone is 15. The van der Waals surface area contributed by atoms with Crippen LogP contribution in [0.2, 0.25) is 0 Å². The van der Waals surface area contributed by atoms with E-state index in [1.54, 1.807) is 32.1 Å². The smallest absolute Gasteiger partial charge is 0.331 e. The SMILES string of the molecule is CCC=CCC=CCC=CCC=CCC=CCC=CCC(=O)OCC(C)(C)C(OC(=O)C=CC(=O)OC)C(=O)NCCC(=O)OCC(=O)C1(O)CCC2C1(C)CC(O)C13CC21CC(C)C1=CC(=O)C=CC13C. The summed E-state index contributed by atoms with van der Waals surface area (Å²) in [4.78, 5) is 90.1. The predicted octanol–water partition coefficient (Wildman–Crippen LogP) is 8.30. The largest absolute Gasteiger partial charge is 0.466 e. The number of nitrogens with one attached hydrogen (secondary N) is 1. The third kappa shape index (κ3) is 12.5. The Morgan fingerprint density at radius 2 is 1.42 bits per heavy atom. The second kappa shape index (κ2) is 24.8. The number of rotatable bonds is 26. The maximum absolute atomic E-state index is 13.9. The normalized spacial score (nSPS) is 30.2. The Morgan fingerprint density at radius 3 is 2.01 bits per heavy atom. The van der Waals surface area contributed by atoms with E-state index in [1.165, 1.54) is 0 Å². The molecule has 0 spiro atoms. The molecule has 0 aromatic rings. The molecule has 5 aliphatic rings. The minimum atomic E-state index is -1.86. The van der Waals surface area contributed by atoms with Crippen molar-refractivity contribution in [1.82, 2.24) is 5.32 Å². The van der Waals surface area contributed by atoms with E-state index < -0.39 is 81.6 Å². The van der Waals surface area contributed by atoms with Gasteiger partial charge in [-0.15, -0.1) is 0 Å². The van der Waals surface area contributed by atoms with Gasteiger partial charge in [0.25, 0.3) is 5.91 Å². The highest BCUT2D eigenvalue weighted by Crippen LogP contribution is 2.90. The summed E-state index contributed by atoms with van der Waals surface area (Å²) in [6.45, 7) is 9.95. The van der Waals surface area contributed by atoms with Crippen molar-refractivity contribution in [2.45, 2.75) is 143 Å². The molecule has 4 fully saturated rings. The third-order valence-corrected chi connectivity index (χ3v) is 16.0. The summed E-state index contributed by atoms with van der Waals surface area (Å²) in [6, 6.07) is 0. The van der Waals surface area contributed by atoms with Gasteiger partial charge in [-0.25, -0.2) is 9.59 Å². The molecule has 72 heavy (non-hydrogen) atoms. The molecule has 9 unspecified atom stereocenters. The summed E-state index contributed by atoms with van der Waals surface area (Å²) >= 11 is 0. The predicted molar refractivity (Wildman–Crippen MR) is 272 cm³/mol. The van der Waals surface area contributed by atoms with E-state index in [0.717, 1.165) is 69.8 Å². The van der Waals surface area contributed by atoms with E-state index in [9.17, 15) is 43.8 Å². The average Bonchev–Trinajstić information content (AvgIpc) is 3.97. The first kappa shape index (κ1) is 57.2. The topological polar surface area (TPSA) is 209 Å². The Kier molecular flexibility index (Phi) is 19.7. The fraction of sp³-hybridized carbons (Fsp3) is 0.569. The molecular formula is C58H77NO13. The van der Waals surface area contributed by atoms with Gasteiger partial charge in [-0.1, -0.05) is 126 Å². The van der Waals surface area contributed by atoms with Crippen molar-refractivity contribution < 1.29 is 62.7 Å². The lowest BCUT2D eigenvalue weighted by Crippen LogP contribution is -2.62. The molecule has 0 radical (unpaired) electrons. The van der Waals surface area contributed by atoms with Crippen LogP contribution in [0.15, 0.2) is 109 Å². The van der Waals surface area contributed by atoms with Gasteiger partial charge in [0.1, 0.15) is 12.2 Å². The monoisotopic (exact) mass is 996 g/mol. The van der Waals surface area contributed by atoms with Crippen molar-refractivity contribution in [3.05, 3.63) is 109 Å². The fourth-order valence-corrected chi connectivity index (χ4v) is 12.4. The molecule has 0 aromatic carbocycles. The summed E-state index contributed by atoms with van der Waals surface area (Å²) in [5, 5.41) is 26.8. The summed E-state index contributed by atoms with van der Waals surface area (Å²) in [5.74, 6) is -4.86. The Labute approximate surface area is 425 Å². The molecule has 5 aliphatic carbocycles. The van der Waals surface area contributed by atoms with Crippen molar-refractivity contribution in [2.24, 2.45) is 38.9 Å². The number of Topliss-reactive ketones (excluding diaryl/α,β-unsaturated/α-hetero) is 1. The maximum atomic E-state index is 13.9. The van der Waals surface area contributed by atoms with Crippen LogP contribution in [-0.4, -0.2) is 96.2 Å². The molecule has 0 aromatic heterocycles. The average molecular weight is 996 g/mol. The molecule has 0 heterocycles. The van der Waals surface area contributed by atoms with E-state index in [2.05, 4.69) is 79.4 Å². The van der Waals surface area contributed by atoms with Crippen molar-refractivity contribution >= 4 is 41.4 Å². The molecule has 3 N–H and O–H groups in total. The Morgan fingerprint density at radius 1 is 0.833 bits per heavy atom. The zero-order chi connectivity index (χ0) is 52.8. The van der Waals surface area contributed by atoms with Gasteiger partial charge in [0.05, 0.1) is 26.1 Å². The molecule has 392 valence electrons. The van der Waals surface area contributed by atoms with E-state index in [0.29, 0.717) is 12.8 Å². The van der Waals surface area contributed by atoms with Gasteiger partial charge in [0, 0.05) is 40.4 Å². The van der Waals surface area contributed by atoms with Gasteiger partial charge in [-0.2, -0.15) is 0 Å². The molecule has 9 atom stereocenters. The van der Waals surface area contributed by atoms with E-state index in [1.807, 2.05) is 31.2 Å². The minimum absolute atomic E-state index is 0.0379. The van der Waals surface area contributed by atoms with Crippen molar-refractivity contribution in [3.8, 4) is 0 Å². The second-order valence-corrected chi connectivity index (χ2v) is 21.1. The number of aliphatic hydroxyl groups excluding tert-OH is 1. The van der Waals surface area contributed by atoms with Crippen LogP contribution >= 0.6 is 0 Å². The van der Waals surface area contributed by atoms with Crippen LogP contribution < -0.4 is 5.32 Å². The second-order valence-electron chi connectivity index (χ2n) is 21.1. The van der Waals surface area contributed by atoms with Gasteiger partial charge in [0.15, 0.2) is 18.5 Å². The standard InChI is InChI=1S/C58H77NO13/c1-8-9-10-11-12-13-14-15-16-17-18-19-20-21-22-23-24-25-26-48(64)71-40-53(3,4)51(72-50(66)28-27-47(63)69-7)52(67)59-34-31-49(65)70-38-46(62)58(68)33-30-44-55(58,6)37-45(61)57-39-56(44,57)36-41(2)43-35-42(60)29-32-54(43,57)5/h9-10,12-13,15-16,18-19,21-22,24-25,27-29,32,35,41,44-45,51,61,68H,8,11,14,17,20,23,26,30-31,33-34,36-40H2,1-7H3,(H,59,67). The number of hydrogen-bond acceptors (Lipinski definition) is 13. The Bertz CT molecular complexity index is 2310. The van der Waals surface area contributed by atoms with Crippen LogP contribution in [-0.2, 0) is 52.5 Å². The lowest BCUT2D eigenvalue weighted by molar-refractivity contribution is -0.182. The number of hydrogen-bond donors (Lipinski definition) is 3. The van der Waals surface area contributed by atoms with Crippen LogP contribution in [0.25, 0.3) is 0 Å². The molecular weight excluding hydrogens is 919 g/mol. The van der Waals surface area contributed by atoms with Crippen molar-refractivity contribution in [1.29, 1.82) is 0 Å². The molecule has 14 nitrogen and oxygen atoms in total. The number of methoxy groups -OCH3 is 1. The third-order valence-electron chi connectivity index (χ3n) is 16.0. The molecule has 4 saturated carbocycles.